The third kappa shape index (κ3) is 3.52. The van der Waals surface area contributed by atoms with Crippen LogP contribution in [0.25, 0.3) is 5.65 Å². The number of rotatable bonds is 3. The van der Waals surface area contributed by atoms with E-state index in [1.54, 1.807) is 17.2 Å². The molecule has 9 nitrogen and oxygen atoms in total. The Bertz CT molecular complexity index is 899. The number of urea groups is 1. The van der Waals surface area contributed by atoms with E-state index in [-0.39, 0.29) is 19.5 Å². The zero-order valence-corrected chi connectivity index (χ0v) is 13.9. The minimum atomic E-state index is -4.69. The molecular weight excluding hydrogens is 369 g/mol. The average molecular weight is 384 g/mol. The Morgan fingerprint density at radius 1 is 1.30 bits per heavy atom. The second-order valence-corrected chi connectivity index (χ2v) is 6.32. The Morgan fingerprint density at radius 3 is 2.85 bits per heavy atom. The molecule has 4 rings (SSSR count). The Labute approximate surface area is 150 Å². The fourth-order valence-electron chi connectivity index (χ4n) is 3.32. The van der Waals surface area contributed by atoms with Gasteiger partial charge in [-0.05, 0) is 12.5 Å². The first-order chi connectivity index (χ1) is 12.8. The lowest BCUT2D eigenvalue weighted by atomic mass is 10.0. The average Bonchev–Trinajstić information content (AvgIpc) is 3.21. The van der Waals surface area contributed by atoms with Crippen molar-refractivity contribution in [2.45, 2.75) is 24.8 Å². The van der Waals surface area contributed by atoms with Crippen LogP contribution >= 0.6 is 0 Å². The molecular formula is C15H15F3N6O3. The number of fused-ring (bicyclic) bond motifs is 1. The van der Waals surface area contributed by atoms with Gasteiger partial charge in [-0.25, -0.2) is 14.3 Å². The van der Waals surface area contributed by atoms with Crippen molar-refractivity contribution in [1.82, 2.24) is 25.2 Å². The van der Waals surface area contributed by atoms with Crippen LogP contribution in [0.3, 0.4) is 0 Å². The fraction of sp³-hybridized carbons (Fsp3) is 0.467. The van der Waals surface area contributed by atoms with E-state index in [1.807, 2.05) is 0 Å². The molecule has 2 aromatic heterocycles. The number of halogens is 3. The van der Waals surface area contributed by atoms with Crippen molar-refractivity contribution in [3.63, 3.8) is 0 Å². The number of alkyl halides is 3. The van der Waals surface area contributed by atoms with Gasteiger partial charge < -0.3 is 10.2 Å². The first-order valence-electron chi connectivity index (χ1n) is 8.22. The summed E-state index contributed by atoms with van der Waals surface area (Å²) in [5, 5.41) is 9.06. The summed E-state index contributed by atoms with van der Waals surface area (Å²) in [6.45, 7) is 0.469. The first-order valence-corrected chi connectivity index (χ1v) is 8.22. The minimum Gasteiger partial charge on any atom is -0.366 e. The van der Waals surface area contributed by atoms with E-state index in [2.05, 4.69) is 25.5 Å². The molecule has 2 aromatic rings. The summed E-state index contributed by atoms with van der Waals surface area (Å²) in [6, 6.07) is 1.05. The number of hydrogen-bond donors (Lipinski definition) is 2. The third-order valence-corrected chi connectivity index (χ3v) is 4.52. The van der Waals surface area contributed by atoms with E-state index in [0.717, 1.165) is 0 Å². The van der Waals surface area contributed by atoms with Crippen LogP contribution in [-0.4, -0.2) is 58.6 Å². The predicted molar refractivity (Wildman–Crippen MR) is 85.0 cm³/mol. The van der Waals surface area contributed by atoms with Gasteiger partial charge in [0.2, 0.25) is 5.91 Å². The summed E-state index contributed by atoms with van der Waals surface area (Å²) in [6.07, 6.45) is -2.36. The van der Waals surface area contributed by atoms with Gasteiger partial charge in [0.25, 0.3) is 0 Å². The SMILES string of the molecule is O=C1NCC(c2cc(N3CC[C@@H](OC(F)(F)F)C3)c3nccn3n2)C(=O)N1. The predicted octanol–water partition coefficient (Wildman–Crippen LogP) is 0.767. The molecule has 2 fully saturated rings. The highest BCUT2D eigenvalue weighted by Crippen LogP contribution is 2.30. The molecule has 12 heteroatoms. The zero-order valence-electron chi connectivity index (χ0n) is 13.9. The molecule has 2 saturated heterocycles. The van der Waals surface area contributed by atoms with Crippen molar-refractivity contribution in [1.29, 1.82) is 0 Å². The monoisotopic (exact) mass is 384 g/mol. The van der Waals surface area contributed by atoms with Crippen molar-refractivity contribution in [2.75, 3.05) is 24.5 Å². The third-order valence-electron chi connectivity index (χ3n) is 4.52. The lowest BCUT2D eigenvalue weighted by Gasteiger charge is -2.24. The number of carbonyl (C=O) groups excluding carboxylic acids is 2. The maximum atomic E-state index is 12.5. The second kappa shape index (κ2) is 6.37. The molecule has 0 aliphatic carbocycles. The molecule has 0 radical (unpaired) electrons. The van der Waals surface area contributed by atoms with E-state index in [4.69, 9.17) is 0 Å². The molecule has 2 aliphatic heterocycles. The van der Waals surface area contributed by atoms with Gasteiger partial charge in [0.15, 0.2) is 5.65 Å². The lowest BCUT2D eigenvalue weighted by Crippen LogP contribution is -2.51. The van der Waals surface area contributed by atoms with Gasteiger partial charge >= 0.3 is 12.4 Å². The van der Waals surface area contributed by atoms with E-state index in [0.29, 0.717) is 23.6 Å². The number of hydrogen-bond acceptors (Lipinski definition) is 6. The van der Waals surface area contributed by atoms with Crippen molar-refractivity contribution < 1.29 is 27.5 Å². The van der Waals surface area contributed by atoms with Crippen molar-refractivity contribution in [2.24, 2.45) is 0 Å². The van der Waals surface area contributed by atoms with Crippen LogP contribution in [0, 0.1) is 0 Å². The number of amides is 3. The summed E-state index contributed by atoms with van der Waals surface area (Å²) in [5.74, 6) is -1.20. The highest BCUT2D eigenvalue weighted by atomic mass is 19.4. The van der Waals surface area contributed by atoms with Gasteiger partial charge in [-0.1, -0.05) is 0 Å². The molecule has 0 aromatic carbocycles. The number of aromatic nitrogens is 3. The first kappa shape index (κ1) is 17.5. The molecule has 144 valence electrons. The van der Waals surface area contributed by atoms with Crippen molar-refractivity contribution in [3.05, 3.63) is 24.2 Å². The van der Waals surface area contributed by atoms with Crippen molar-refractivity contribution >= 4 is 23.3 Å². The number of imidazole rings is 1. The number of carbonyl (C=O) groups is 2. The summed E-state index contributed by atoms with van der Waals surface area (Å²) >= 11 is 0. The molecule has 1 unspecified atom stereocenters. The maximum absolute atomic E-state index is 12.5. The summed E-state index contributed by atoms with van der Waals surface area (Å²) < 4.78 is 43.0. The fourth-order valence-corrected chi connectivity index (χ4v) is 3.32. The van der Waals surface area contributed by atoms with Gasteiger partial charge in [-0.3, -0.25) is 14.8 Å². The Kier molecular flexibility index (Phi) is 4.13. The molecule has 0 spiro atoms. The summed E-state index contributed by atoms with van der Waals surface area (Å²) in [4.78, 5) is 29.3. The van der Waals surface area contributed by atoms with Crippen LogP contribution in [0.4, 0.5) is 23.7 Å². The Hall–Kier alpha value is -2.89. The van der Waals surface area contributed by atoms with Gasteiger partial charge in [-0.2, -0.15) is 5.10 Å². The standard InChI is InChI=1S/C15H15F3N6O3/c16-15(17,18)27-8-1-3-23(7-8)11-5-10(22-24-4-2-19-12(11)24)9-6-20-14(26)21-13(9)25/h2,4-5,8-9H,1,3,6-7H2,(H2,20,21,25,26)/t8-,9?/m1/s1. The van der Waals surface area contributed by atoms with E-state index < -0.39 is 30.3 Å². The largest absolute Gasteiger partial charge is 0.522 e. The van der Waals surface area contributed by atoms with Gasteiger partial charge in [0.05, 0.1) is 23.4 Å². The Balaban J connectivity index is 1.64. The van der Waals surface area contributed by atoms with Crippen LogP contribution in [0.5, 0.6) is 0 Å². The van der Waals surface area contributed by atoms with Crippen LogP contribution in [0.1, 0.15) is 18.0 Å². The molecule has 2 atom stereocenters. The van der Waals surface area contributed by atoms with Crippen molar-refractivity contribution in [3.8, 4) is 0 Å². The van der Waals surface area contributed by atoms with Crippen LogP contribution in [0.2, 0.25) is 0 Å². The van der Waals surface area contributed by atoms with Crippen LogP contribution < -0.4 is 15.5 Å². The topological polar surface area (TPSA) is 101 Å². The summed E-state index contributed by atoms with van der Waals surface area (Å²) in [7, 11) is 0. The molecule has 4 heterocycles. The van der Waals surface area contributed by atoms with Crippen LogP contribution in [0.15, 0.2) is 18.5 Å². The highest BCUT2D eigenvalue weighted by molar-refractivity contribution is 6.00. The minimum absolute atomic E-state index is 0.0408. The number of imide groups is 1. The van der Waals surface area contributed by atoms with E-state index in [1.165, 1.54) is 10.7 Å². The molecule has 0 bridgehead atoms. The zero-order chi connectivity index (χ0) is 19.2. The van der Waals surface area contributed by atoms with E-state index in [9.17, 15) is 22.8 Å². The normalized spacial score (nSPS) is 23.6. The second-order valence-electron chi connectivity index (χ2n) is 6.32. The highest BCUT2D eigenvalue weighted by Gasteiger charge is 2.37. The quantitative estimate of drug-likeness (QED) is 0.811. The van der Waals surface area contributed by atoms with Crippen LogP contribution in [-0.2, 0) is 9.53 Å². The molecule has 0 saturated carbocycles. The smallest absolute Gasteiger partial charge is 0.366 e. The number of nitrogens with one attached hydrogen (secondary N) is 2. The van der Waals surface area contributed by atoms with Gasteiger partial charge in [-0.15, -0.1) is 13.2 Å². The Morgan fingerprint density at radius 2 is 2.11 bits per heavy atom. The molecule has 27 heavy (non-hydrogen) atoms. The number of ether oxygens (including phenoxy) is 1. The summed E-state index contributed by atoms with van der Waals surface area (Å²) in [5.41, 5.74) is 1.41. The maximum Gasteiger partial charge on any atom is 0.522 e. The van der Waals surface area contributed by atoms with Gasteiger partial charge in [0, 0.05) is 32.0 Å². The molecule has 3 amide bonds. The molecule has 2 N–H and O–H groups in total. The van der Waals surface area contributed by atoms with E-state index >= 15 is 0 Å². The molecule has 2 aliphatic rings. The number of anilines is 1. The number of nitrogens with zero attached hydrogens (tertiary/aromatic N) is 4. The van der Waals surface area contributed by atoms with Gasteiger partial charge in [0.1, 0.15) is 0 Å². The lowest BCUT2D eigenvalue weighted by molar-refractivity contribution is -0.339.